The van der Waals surface area contributed by atoms with Crippen molar-refractivity contribution in [2.75, 3.05) is 10.6 Å². The van der Waals surface area contributed by atoms with E-state index in [9.17, 15) is 13.2 Å². The molecule has 0 atom stereocenters. The quantitative estimate of drug-likeness (QED) is 0.823. The molecule has 144 valence electrons. The van der Waals surface area contributed by atoms with Gasteiger partial charge in [-0.3, -0.25) is 9.10 Å². The predicted octanol–water partition coefficient (Wildman–Crippen LogP) is 3.72. The highest BCUT2D eigenvalue weighted by atomic mass is 32.2. The standard InChI is InChI=1S/C21H26N2O3S/c1-27(25,26)23(20-10-6-3-7-11-20)16-17-12-14-18(15-13-17)21(24)22-19-8-4-2-5-9-19/h3,6-7,10-15,19H,2,4-5,8-9,16H2,1H3,(H,22,24). The van der Waals surface area contributed by atoms with Crippen LogP contribution in [0.15, 0.2) is 54.6 Å². The Hall–Kier alpha value is -2.34. The van der Waals surface area contributed by atoms with Gasteiger partial charge in [-0.05, 0) is 42.7 Å². The van der Waals surface area contributed by atoms with Crippen LogP contribution >= 0.6 is 0 Å². The Kier molecular flexibility index (Phi) is 6.16. The Balaban J connectivity index is 1.69. The average molecular weight is 387 g/mol. The molecule has 6 heteroatoms. The van der Waals surface area contributed by atoms with Gasteiger partial charge in [-0.25, -0.2) is 8.42 Å². The van der Waals surface area contributed by atoms with Crippen LogP contribution in [-0.4, -0.2) is 26.6 Å². The smallest absolute Gasteiger partial charge is 0.251 e. The zero-order chi connectivity index (χ0) is 19.3. The summed E-state index contributed by atoms with van der Waals surface area (Å²) in [6, 6.07) is 16.4. The molecule has 0 radical (unpaired) electrons. The summed E-state index contributed by atoms with van der Waals surface area (Å²) in [4.78, 5) is 12.4. The summed E-state index contributed by atoms with van der Waals surface area (Å²) in [6.07, 6.45) is 6.88. The molecule has 0 bridgehead atoms. The van der Waals surface area contributed by atoms with E-state index in [4.69, 9.17) is 0 Å². The van der Waals surface area contributed by atoms with Crippen LogP contribution < -0.4 is 9.62 Å². The first kappa shape index (κ1) is 19.4. The summed E-state index contributed by atoms with van der Waals surface area (Å²) in [5.41, 5.74) is 2.06. The Morgan fingerprint density at radius 3 is 2.22 bits per heavy atom. The molecule has 0 heterocycles. The first-order valence-electron chi connectivity index (χ1n) is 9.36. The molecule has 3 rings (SSSR count). The molecular formula is C21H26N2O3S. The molecular weight excluding hydrogens is 360 g/mol. The van der Waals surface area contributed by atoms with Gasteiger partial charge in [0.1, 0.15) is 0 Å². The van der Waals surface area contributed by atoms with Gasteiger partial charge in [0, 0.05) is 11.6 Å². The molecule has 2 aromatic rings. The van der Waals surface area contributed by atoms with Gasteiger partial charge in [0.05, 0.1) is 18.5 Å². The van der Waals surface area contributed by atoms with Gasteiger partial charge < -0.3 is 5.32 Å². The number of carbonyl (C=O) groups excluding carboxylic acids is 1. The second kappa shape index (κ2) is 8.57. The fourth-order valence-corrected chi connectivity index (χ4v) is 4.33. The van der Waals surface area contributed by atoms with Gasteiger partial charge in [0.2, 0.25) is 10.0 Å². The number of nitrogens with zero attached hydrogens (tertiary/aromatic N) is 1. The number of nitrogens with one attached hydrogen (secondary N) is 1. The first-order valence-corrected chi connectivity index (χ1v) is 11.2. The van der Waals surface area contributed by atoms with E-state index in [1.807, 2.05) is 30.3 Å². The Morgan fingerprint density at radius 2 is 1.63 bits per heavy atom. The van der Waals surface area contributed by atoms with Gasteiger partial charge in [0.25, 0.3) is 5.91 Å². The summed E-state index contributed by atoms with van der Waals surface area (Å²) in [7, 11) is -3.41. The van der Waals surface area contributed by atoms with Crippen LogP contribution in [-0.2, 0) is 16.6 Å². The molecule has 27 heavy (non-hydrogen) atoms. The molecule has 1 aliphatic rings. The molecule has 0 unspecified atom stereocenters. The third-order valence-electron chi connectivity index (χ3n) is 4.93. The Bertz CT molecular complexity index is 858. The van der Waals surface area contributed by atoms with Crippen molar-refractivity contribution in [1.29, 1.82) is 0 Å². The SMILES string of the molecule is CS(=O)(=O)N(Cc1ccc(C(=O)NC2CCCCC2)cc1)c1ccccc1. The van der Waals surface area contributed by atoms with Crippen molar-refractivity contribution in [2.24, 2.45) is 0 Å². The van der Waals surface area contributed by atoms with Crippen LogP contribution in [0.5, 0.6) is 0 Å². The van der Waals surface area contributed by atoms with Crippen LogP contribution in [0.4, 0.5) is 5.69 Å². The summed E-state index contributed by atoms with van der Waals surface area (Å²) < 4.78 is 25.8. The molecule has 5 nitrogen and oxygen atoms in total. The molecule has 2 aromatic carbocycles. The monoisotopic (exact) mass is 386 g/mol. The van der Waals surface area contributed by atoms with E-state index >= 15 is 0 Å². The maximum atomic E-state index is 12.4. The Morgan fingerprint density at radius 1 is 1.00 bits per heavy atom. The highest BCUT2D eigenvalue weighted by molar-refractivity contribution is 7.92. The fraction of sp³-hybridized carbons (Fsp3) is 0.381. The topological polar surface area (TPSA) is 66.5 Å². The molecule has 0 aliphatic heterocycles. The molecule has 0 aromatic heterocycles. The zero-order valence-electron chi connectivity index (χ0n) is 15.6. The van der Waals surface area contributed by atoms with E-state index < -0.39 is 10.0 Å². The lowest BCUT2D eigenvalue weighted by atomic mass is 9.95. The zero-order valence-corrected chi connectivity index (χ0v) is 16.4. The van der Waals surface area contributed by atoms with Crippen molar-refractivity contribution < 1.29 is 13.2 Å². The van der Waals surface area contributed by atoms with E-state index in [1.165, 1.54) is 29.8 Å². The number of rotatable bonds is 6. The molecule has 1 N–H and O–H groups in total. The highest BCUT2D eigenvalue weighted by Gasteiger charge is 2.19. The van der Waals surface area contributed by atoms with Gasteiger partial charge in [0.15, 0.2) is 0 Å². The minimum atomic E-state index is -3.41. The summed E-state index contributed by atoms with van der Waals surface area (Å²) in [5, 5.41) is 3.10. The fourth-order valence-electron chi connectivity index (χ4n) is 3.44. The van der Waals surface area contributed by atoms with E-state index in [0.717, 1.165) is 18.4 Å². The summed E-state index contributed by atoms with van der Waals surface area (Å²) in [6.45, 7) is 0.230. The average Bonchev–Trinajstić information content (AvgIpc) is 2.67. The lowest BCUT2D eigenvalue weighted by Gasteiger charge is -2.23. The second-order valence-electron chi connectivity index (χ2n) is 7.11. The van der Waals surface area contributed by atoms with E-state index in [-0.39, 0.29) is 18.5 Å². The van der Waals surface area contributed by atoms with Crippen LogP contribution in [0.3, 0.4) is 0 Å². The van der Waals surface area contributed by atoms with E-state index in [1.54, 1.807) is 24.3 Å². The number of hydrogen-bond acceptors (Lipinski definition) is 3. The lowest BCUT2D eigenvalue weighted by molar-refractivity contribution is 0.0927. The number of anilines is 1. The third-order valence-corrected chi connectivity index (χ3v) is 6.07. The van der Waals surface area contributed by atoms with Crippen LogP contribution in [0.2, 0.25) is 0 Å². The largest absolute Gasteiger partial charge is 0.349 e. The third kappa shape index (κ3) is 5.32. The van der Waals surface area contributed by atoms with E-state index in [2.05, 4.69) is 5.32 Å². The molecule has 0 saturated heterocycles. The predicted molar refractivity (Wildman–Crippen MR) is 108 cm³/mol. The van der Waals surface area contributed by atoms with Gasteiger partial charge in [-0.1, -0.05) is 49.6 Å². The second-order valence-corrected chi connectivity index (χ2v) is 9.02. The number of amides is 1. The van der Waals surface area contributed by atoms with Gasteiger partial charge in [-0.2, -0.15) is 0 Å². The molecule has 1 saturated carbocycles. The maximum absolute atomic E-state index is 12.4. The van der Waals surface area contributed by atoms with Gasteiger partial charge in [-0.15, -0.1) is 0 Å². The molecule has 0 spiro atoms. The van der Waals surface area contributed by atoms with Crippen LogP contribution in [0.1, 0.15) is 48.0 Å². The van der Waals surface area contributed by atoms with Crippen LogP contribution in [0.25, 0.3) is 0 Å². The van der Waals surface area contributed by atoms with Crippen molar-refractivity contribution in [3.63, 3.8) is 0 Å². The molecule has 1 amide bonds. The Labute approximate surface area is 161 Å². The number of benzene rings is 2. The minimum Gasteiger partial charge on any atom is -0.349 e. The molecule has 1 aliphatic carbocycles. The van der Waals surface area contributed by atoms with Crippen molar-refractivity contribution in [2.45, 2.75) is 44.7 Å². The maximum Gasteiger partial charge on any atom is 0.251 e. The number of para-hydroxylation sites is 1. The van der Waals surface area contributed by atoms with Crippen molar-refractivity contribution >= 4 is 21.6 Å². The van der Waals surface area contributed by atoms with Gasteiger partial charge >= 0.3 is 0 Å². The van der Waals surface area contributed by atoms with Crippen molar-refractivity contribution in [3.05, 3.63) is 65.7 Å². The van der Waals surface area contributed by atoms with E-state index in [0.29, 0.717) is 11.3 Å². The van der Waals surface area contributed by atoms with Crippen molar-refractivity contribution in [1.82, 2.24) is 5.32 Å². The number of hydrogen-bond donors (Lipinski definition) is 1. The highest BCUT2D eigenvalue weighted by Crippen LogP contribution is 2.21. The normalized spacial score (nSPS) is 15.3. The lowest BCUT2D eigenvalue weighted by Crippen LogP contribution is -2.36. The molecule has 1 fully saturated rings. The van der Waals surface area contributed by atoms with Crippen LogP contribution in [0, 0.1) is 0 Å². The summed E-state index contributed by atoms with van der Waals surface area (Å²) in [5.74, 6) is -0.0588. The number of sulfonamides is 1. The number of carbonyl (C=O) groups is 1. The van der Waals surface area contributed by atoms with Crippen molar-refractivity contribution in [3.8, 4) is 0 Å². The minimum absolute atomic E-state index is 0.0588. The summed E-state index contributed by atoms with van der Waals surface area (Å²) >= 11 is 0. The first-order chi connectivity index (χ1) is 12.9.